The molecular weight excluding hydrogens is 364 g/mol. The summed E-state index contributed by atoms with van der Waals surface area (Å²) >= 11 is 0. The van der Waals surface area contributed by atoms with E-state index in [1.54, 1.807) is 11.1 Å². The highest BCUT2D eigenvalue weighted by atomic mass is 16.2. The molecule has 1 aromatic heterocycles. The molecule has 1 unspecified atom stereocenters. The fraction of sp³-hybridized carbons (Fsp3) is 0.435. The summed E-state index contributed by atoms with van der Waals surface area (Å²) in [7, 11) is 0. The first-order valence-corrected chi connectivity index (χ1v) is 10.4. The van der Waals surface area contributed by atoms with Gasteiger partial charge in [0.1, 0.15) is 0 Å². The predicted molar refractivity (Wildman–Crippen MR) is 113 cm³/mol. The van der Waals surface area contributed by atoms with Gasteiger partial charge in [0.25, 0.3) is 0 Å². The number of pyridine rings is 1. The molecule has 1 N–H and O–H groups in total. The highest BCUT2D eigenvalue weighted by Crippen LogP contribution is 2.25. The summed E-state index contributed by atoms with van der Waals surface area (Å²) < 4.78 is 0. The lowest BCUT2D eigenvalue weighted by Gasteiger charge is -2.32. The van der Waals surface area contributed by atoms with E-state index in [2.05, 4.69) is 34.3 Å². The lowest BCUT2D eigenvalue weighted by molar-refractivity contribution is -0.128. The van der Waals surface area contributed by atoms with Crippen LogP contribution < -0.4 is 10.2 Å². The molecular formula is C23H28N4O2. The number of carbonyl (C=O) groups excluding carboxylic acids is 2. The van der Waals surface area contributed by atoms with Gasteiger partial charge >= 0.3 is 0 Å². The van der Waals surface area contributed by atoms with Crippen molar-refractivity contribution >= 4 is 23.2 Å². The Hall–Kier alpha value is -2.89. The molecule has 2 aliphatic rings. The van der Waals surface area contributed by atoms with E-state index < -0.39 is 0 Å². The number of carbonyl (C=O) groups is 2. The maximum atomic E-state index is 12.7. The Labute approximate surface area is 171 Å². The summed E-state index contributed by atoms with van der Waals surface area (Å²) in [6.07, 6.45) is 4.42. The Kier molecular flexibility index (Phi) is 5.79. The summed E-state index contributed by atoms with van der Waals surface area (Å²) in [5.41, 5.74) is 2.82. The van der Waals surface area contributed by atoms with Gasteiger partial charge in [-0.05, 0) is 55.2 Å². The van der Waals surface area contributed by atoms with Crippen molar-refractivity contribution in [3.8, 4) is 0 Å². The Morgan fingerprint density at radius 2 is 1.90 bits per heavy atom. The lowest BCUT2D eigenvalue weighted by atomic mass is 9.99. The number of aromatic nitrogens is 1. The summed E-state index contributed by atoms with van der Waals surface area (Å²) in [6.45, 7) is 5.37. The number of hydrogen-bond donors (Lipinski definition) is 1. The van der Waals surface area contributed by atoms with Crippen molar-refractivity contribution in [3.63, 3.8) is 0 Å². The second kappa shape index (κ2) is 8.64. The molecule has 0 radical (unpaired) electrons. The number of likely N-dealkylation sites (tertiary alicyclic amines) is 1. The molecule has 0 bridgehead atoms. The number of rotatable bonds is 5. The quantitative estimate of drug-likeness (QED) is 0.848. The lowest BCUT2D eigenvalue weighted by Crippen LogP contribution is -2.32. The molecule has 29 heavy (non-hydrogen) atoms. The minimum Gasteiger partial charge on any atom is -0.372 e. The van der Waals surface area contributed by atoms with Crippen LogP contribution >= 0.6 is 0 Å². The zero-order valence-corrected chi connectivity index (χ0v) is 16.9. The first-order valence-electron chi connectivity index (χ1n) is 10.4. The van der Waals surface area contributed by atoms with Gasteiger partial charge in [-0.3, -0.25) is 14.6 Å². The van der Waals surface area contributed by atoms with Gasteiger partial charge in [-0.25, -0.2) is 0 Å². The van der Waals surface area contributed by atoms with Gasteiger partial charge in [0.05, 0.1) is 18.2 Å². The van der Waals surface area contributed by atoms with Crippen LogP contribution in [0.3, 0.4) is 0 Å². The molecule has 2 saturated heterocycles. The van der Waals surface area contributed by atoms with Gasteiger partial charge in [0.2, 0.25) is 11.8 Å². The average Bonchev–Trinajstić information content (AvgIpc) is 3.10. The second-order valence-corrected chi connectivity index (χ2v) is 8.20. The van der Waals surface area contributed by atoms with Crippen LogP contribution in [-0.4, -0.2) is 41.3 Å². The van der Waals surface area contributed by atoms with E-state index in [1.807, 2.05) is 30.3 Å². The van der Waals surface area contributed by atoms with E-state index in [9.17, 15) is 9.59 Å². The SMILES string of the molecule is CC1CCN(c2ccc(NC(=O)C3CC(=O)N(Cc4ccccn4)C3)cc2)CC1. The van der Waals surface area contributed by atoms with E-state index >= 15 is 0 Å². The zero-order chi connectivity index (χ0) is 20.2. The topological polar surface area (TPSA) is 65.5 Å². The van der Waals surface area contributed by atoms with Gasteiger partial charge < -0.3 is 15.1 Å². The average molecular weight is 393 g/mol. The number of hydrogen-bond acceptors (Lipinski definition) is 4. The number of anilines is 2. The Morgan fingerprint density at radius 3 is 2.59 bits per heavy atom. The maximum absolute atomic E-state index is 12.7. The molecule has 2 fully saturated rings. The Bertz CT molecular complexity index is 845. The van der Waals surface area contributed by atoms with E-state index in [0.717, 1.165) is 30.4 Å². The third-order valence-electron chi connectivity index (χ3n) is 5.95. The largest absolute Gasteiger partial charge is 0.372 e. The van der Waals surface area contributed by atoms with Crippen molar-refractivity contribution in [1.82, 2.24) is 9.88 Å². The smallest absolute Gasteiger partial charge is 0.229 e. The molecule has 4 rings (SSSR count). The second-order valence-electron chi connectivity index (χ2n) is 8.20. The van der Waals surface area contributed by atoms with Crippen LogP contribution in [0.15, 0.2) is 48.7 Å². The monoisotopic (exact) mass is 392 g/mol. The summed E-state index contributed by atoms with van der Waals surface area (Å²) in [5, 5.41) is 2.97. The van der Waals surface area contributed by atoms with E-state index in [-0.39, 0.29) is 24.2 Å². The van der Waals surface area contributed by atoms with Crippen molar-refractivity contribution in [1.29, 1.82) is 0 Å². The summed E-state index contributed by atoms with van der Waals surface area (Å²) in [4.78, 5) is 33.3. The standard InChI is InChI=1S/C23H28N4O2/c1-17-9-12-26(13-10-17)21-7-5-19(6-8-21)25-23(29)18-14-22(28)27(15-18)16-20-4-2-3-11-24-20/h2-8,11,17-18H,9-10,12-16H2,1H3,(H,25,29). The molecule has 6 nitrogen and oxygen atoms in total. The van der Waals surface area contributed by atoms with Crippen molar-refractivity contribution in [3.05, 3.63) is 54.4 Å². The van der Waals surface area contributed by atoms with Crippen molar-refractivity contribution in [2.24, 2.45) is 11.8 Å². The fourth-order valence-electron chi connectivity index (χ4n) is 4.05. The zero-order valence-electron chi connectivity index (χ0n) is 16.9. The number of nitrogens with one attached hydrogen (secondary N) is 1. The highest BCUT2D eigenvalue weighted by Gasteiger charge is 2.34. The van der Waals surface area contributed by atoms with Crippen LogP contribution in [-0.2, 0) is 16.1 Å². The van der Waals surface area contributed by atoms with Crippen molar-refractivity contribution in [2.45, 2.75) is 32.7 Å². The van der Waals surface area contributed by atoms with E-state index in [1.165, 1.54) is 18.5 Å². The van der Waals surface area contributed by atoms with Crippen LogP contribution in [0.5, 0.6) is 0 Å². The Morgan fingerprint density at radius 1 is 1.14 bits per heavy atom. The first kappa shape index (κ1) is 19.4. The number of piperidine rings is 1. The third kappa shape index (κ3) is 4.75. The molecule has 0 saturated carbocycles. The predicted octanol–water partition coefficient (Wildman–Crippen LogP) is 3.31. The normalized spacial score (nSPS) is 20.2. The highest BCUT2D eigenvalue weighted by molar-refractivity contribution is 5.97. The molecule has 6 heteroatoms. The van der Waals surface area contributed by atoms with Crippen LogP contribution in [0.1, 0.15) is 31.9 Å². The molecule has 1 atom stereocenters. The molecule has 0 aliphatic carbocycles. The minimum absolute atomic E-state index is 0.00507. The minimum atomic E-state index is -0.325. The molecule has 1 aromatic carbocycles. The molecule has 152 valence electrons. The fourth-order valence-corrected chi connectivity index (χ4v) is 4.05. The summed E-state index contributed by atoms with van der Waals surface area (Å²) in [6, 6.07) is 13.7. The molecule has 2 aliphatic heterocycles. The van der Waals surface area contributed by atoms with Crippen LogP contribution in [0.4, 0.5) is 11.4 Å². The maximum Gasteiger partial charge on any atom is 0.229 e. The van der Waals surface area contributed by atoms with Gasteiger partial charge in [-0.15, -0.1) is 0 Å². The van der Waals surface area contributed by atoms with Gasteiger partial charge in [0, 0.05) is 43.6 Å². The Balaban J connectivity index is 1.31. The molecule has 2 amide bonds. The summed E-state index contributed by atoms with van der Waals surface area (Å²) in [5.74, 6) is 0.387. The number of amides is 2. The molecule has 3 heterocycles. The molecule has 2 aromatic rings. The van der Waals surface area contributed by atoms with Crippen LogP contribution in [0.2, 0.25) is 0 Å². The van der Waals surface area contributed by atoms with E-state index in [0.29, 0.717) is 13.1 Å². The van der Waals surface area contributed by atoms with Gasteiger partial charge in [-0.2, -0.15) is 0 Å². The first-order chi connectivity index (χ1) is 14.1. The van der Waals surface area contributed by atoms with Gasteiger partial charge in [0.15, 0.2) is 0 Å². The number of nitrogens with zero attached hydrogens (tertiary/aromatic N) is 3. The van der Waals surface area contributed by atoms with E-state index in [4.69, 9.17) is 0 Å². The van der Waals surface area contributed by atoms with Crippen LogP contribution in [0.25, 0.3) is 0 Å². The van der Waals surface area contributed by atoms with Gasteiger partial charge in [-0.1, -0.05) is 13.0 Å². The van der Waals surface area contributed by atoms with Crippen LogP contribution in [0, 0.1) is 11.8 Å². The van der Waals surface area contributed by atoms with Crippen molar-refractivity contribution < 1.29 is 9.59 Å². The number of benzene rings is 1. The molecule has 0 spiro atoms. The van der Waals surface area contributed by atoms with Crippen molar-refractivity contribution in [2.75, 3.05) is 29.9 Å². The third-order valence-corrected chi connectivity index (χ3v) is 5.95.